The van der Waals surface area contributed by atoms with Crippen molar-refractivity contribution in [1.29, 1.82) is 0 Å². The number of rotatable bonds is 1. The molecule has 0 spiro atoms. The average molecular weight is 205 g/mol. The molecule has 2 rings (SSSR count). The van der Waals surface area contributed by atoms with Crippen LogP contribution >= 0.6 is 0 Å². The third-order valence-corrected chi connectivity index (χ3v) is 2.73. The highest BCUT2D eigenvalue weighted by Gasteiger charge is 2.33. The van der Waals surface area contributed by atoms with Gasteiger partial charge in [0.05, 0.1) is 0 Å². The number of hydrogen-bond donors (Lipinski definition) is 1. The normalized spacial score (nSPS) is 19.9. The molecule has 1 aromatic rings. The SMILES string of the molecule is CN1C(=O)c2ccccc2CC1C(=O)O. The molecular formula is C11H11NO3. The van der Waals surface area contributed by atoms with Crippen LogP contribution in [0.15, 0.2) is 24.3 Å². The fraction of sp³-hybridized carbons (Fsp3) is 0.273. The lowest BCUT2D eigenvalue weighted by molar-refractivity contribution is -0.142. The van der Waals surface area contributed by atoms with E-state index >= 15 is 0 Å². The van der Waals surface area contributed by atoms with E-state index in [4.69, 9.17) is 5.11 Å². The van der Waals surface area contributed by atoms with Gasteiger partial charge in [0.1, 0.15) is 6.04 Å². The molecule has 4 nitrogen and oxygen atoms in total. The Hall–Kier alpha value is -1.84. The highest BCUT2D eigenvalue weighted by atomic mass is 16.4. The minimum absolute atomic E-state index is 0.218. The minimum atomic E-state index is -0.958. The number of carbonyl (C=O) groups excluding carboxylic acids is 1. The van der Waals surface area contributed by atoms with Gasteiger partial charge in [-0.15, -0.1) is 0 Å². The van der Waals surface area contributed by atoms with Gasteiger partial charge < -0.3 is 10.0 Å². The molecule has 0 aromatic heterocycles. The van der Waals surface area contributed by atoms with Crippen LogP contribution in [0.2, 0.25) is 0 Å². The molecule has 78 valence electrons. The second kappa shape index (κ2) is 3.38. The second-order valence-electron chi connectivity index (χ2n) is 3.63. The monoisotopic (exact) mass is 205 g/mol. The summed E-state index contributed by atoms with van der Waals surface area (Å²) in [6.45, 7) is 0. The van der Waals surface area contributed by atoms with Crippen LogP contribution in [0.25, 0.3) is 0 Å². The molecule has 0 bridgehead atoms. The molecule has 0 fully saturated rings. The smallest absolute Gasteiger partial charge is 0.326 e. The van der Waals surface area contributed by atoms with E-state index in [1.807, 2.05) is 6.07 Å². The van der Waals surface area contributed by atoms with Crippen molar-refractivity contribution in [3.05, 3.63) is 35.4 Å². The van der Waals surface area contributed by atoms with E-state index in [1.165, 1.54) is 11.9 Å². The van der Waals surface area contributed by atoms with Gasteiger partial charge >= 0.3 is 5.97 Å². The number of amides is 1. The van der Waals surface area contributed by atoms with Crippen molar-refractivity contribution in [3.63, 3.8) is 0 Å². The molecular weight excluding hydrogens is 194 g/mol. The molecule has 4 heteroatoms. The molecule has 1 N–H and O–H groups in total. The van der Waals surface area contributed by atoms with Gasteiger partial charge in [-0.2, -0.15) is 0 Å². The highest BCUT2D eigenvalue weighted by Crippen LogP contribution is 2.21. The zero-order chi connectivity index (χ0) is 11.0. The van der Waals surface area contributed by atoms with Crippen molar-refractivity contribution in [2.45, 2.75) is 12.5 Å². The average Bonchev–Trinajstić information content (AvgIpc) is 2.23. The Balaban J connectivity index is 2.45. The first-order valence-corrected chi connectivity index (χ1v) is 4.69. The Morgan fingerprint density at radius 1 is 1.47 bits per heavy atom. The van der Waals surface area contributed by atoms with Gasteiger partial charge in [-0.1, -0.05) is 18.2 Å². The summed E-state index contributed by atoms with van der Waals surface area (Å²) >= 11 is 0. The molecule has 0 radical (unpaired) electrons. The lowest BCUT2D eigenvalue weighted by Crippen LogP contribution is -2.47. The summed E-state index contributed by atoms with van der Waals surface area (Å²) < 4.78 is 0. The van der Waals surface area contributed by atoms with Gasteiger partial charge in [-0.05, 0) is 11.6 Å². The summed E-state index contributed by atoms with van der Waals surface area (Å²) in [5.74, 6) is -1.18. The van der Waals surface area contributed by atoms with E-state index < -0.39 is 12.0 Å². The van der Waals surface area contributed by atoms with Crippen LogP contribution in [0.4, 0.5) is 0 Å². The van der Waals surface area contributed by atoms with Crippen LogP contribution in [0.3, 0.4) is 0 Å². The molecule has 1 atom stereocenters. The second-order valence-corrected chi connectivity index (χ2v) is 3.63. The van der Waals surface area contributed by atoms with Crippen LogP contribution in [-0.4, -0.2) is 35.0 Å². The van der Waals surface area contributed by atoms with Crippen molar-refractivity contribution in [2.24, 2.45) is 0 Å². The van der Waals surface area contributed by atoms with Crippen molar-refractivity contribution in [3.8, 4) is 0 Å². The number of hydrogen-bond acceptors (Lipinski definition) is 2. The maximum absolute atomic E-state index is 11.8. The first kappa shape index (κ1) is 9.71. The Bertz CT molecular complexity index is 428. The van der Waals surface area contributed by atoms with Gasteiger partial charge in [0.2, 0.25) is 0 Å². The van der Waals surface area contributed by atoms with Crippen molar-refractivity contribution in [2.75, 3.05) is 7.05 Å². The van der Waals surface area contributed by atoms with E-state index in [2.05, 4.69) is 0 Å². The molecule has 1 unspecified atom stereocenters. The maximum atomic E-state index is 11.8. The van der Waals surface area contributed by atoms with E-state index in [-0.39, 0.29) is 5.91 Å². The predicted molar refractivity (Wildman–Crippen MR) is 53.7 cm³/mol. The van der Waals surface area contributed by atoms with Crippen LogP contribution < -0.4 is 0 Å². The number of carboxylic acid groups (broad SMARTS) is 1. The minimum Gasteiger partial charge on any atom is -0.480 e. The molecule has 1 heterocycles. The molecule has 0 aliphatic carbocycles. The standard InChI is InChI=1S/C11H11NO3/c1-12-9(11(14)15)6-7-4-2-3-5-8(7)10(12)13/h2-5,9H,6H2,1H3,(H,14,15). The van der Waals surface area contributed by atoms with E-state index in [1.54, 1.807) is 18.2 Å². The largest absolute Gasteiger partial charge is 0.480 e. The van der Waals surface area contributed by atoms with E-state index in [9.17, 15) is 9.59 Å². The Labute approximate surface area is 87.1 Å². The number of carboxylic acids is 1. The lowest BCUT2D eigenvalue weighted by Gasteiger charge is -2.30. The summed E-state index contributed by atoms with van der Waals surface area (Å²) in [6.07, 6.45) is 0.383. The van der Waals surface area contributed by atoms with E-state index in [0.29, 0.717) is 12.0 Å². The highest BCUT2D eigenvalue weighted by molar-refractivity contribution is 5.99. The van der Waals surface area contributed by atoms with Crippen LogP contribution in [0.1, 0.15) is 15.9 Å². The molecule has 1 aromatic carbocycles. The summed E-state index contributed by atoms with van der Waals surface area (Å²) in [5, 5.41) is 8.96. The first-order valence-electron chi connectivity index (χ1n) is 4.69. The summed E-state index contributed by atoms with van der Waals surface area (Å²) in [4.78, 5) is 24.0. The summed E-state index contributed by atoms with van der Waals surface area (Å²) in [5.41, 5.74) is 1.42. The number of benzene rings is 1. The predicted octanol–water partition coefficient (Wildman–Crippen LogP) is 0.768. The van der Waals surface area contributed by atoms with Gasteiger partial charge in [0.15, 0.2) is 0 Å². The van der Waals surface area contributed by atoms with Gasteiger partial charge in [0.25, 0.3) is 5.91 Å². The third kappa shape index (κ3) is 1.48. The molecule has 0 saturated carbocycles. The summed E-state index contributed by atoms with van der Waals surface area (Å²) in [6, 6.07) is 6.39. The van der Waals surface area contributed by atoms with Crippen LogP contribution in [0.5, 0.6) is 0 Å². The number of fused-ring (bicyclic) bond motifs is 1. The zero-order valence-electron chi connectivity index (χ0n) is 8.30. The quantitative estimate of drug-likeness (QED) is 0.736. The number of nitrogens with zero attached hydrogens (tertiary/aromatic N) is 1. The zero-order valence-corrected chi connectivity index (χ0v) is 8.30. The third-order valence-electron chi connectivity index (χ3n) is 2.73. The Kier molecular flexibility index (Phi) is 2.19. The van der Waals surface area contributed by atoms with E-state index in [0.717, 1.165) is 5.56 Å². The number of carbonyl (C=O) groups is 2. The van der Waals surface area contributed by atoms with Crippen LogP contribution in [-0.2, 0) is 11.2 Å². The summed E-state index contributed by atoms with van der Waals surface area (Å²) in [7, 11) is 1.52. The fourth-order valence-corrected chi connectivity index (χ4v) is 1.84. The van der Waals surface area contributed by atoms with Crippen molar-refractivity contribution in [1.82, 2.24) is 4.90 Å². The molecule has 0 saturated heterocycles. The van der Waals surface area contributed by atoms with Gasteiger partial charge in [0, 0.05) is 19.0 Å². The van der Waals surface area contributed by atoms with Crippen LogP contribution in [0, 0.1) is 0 Å². The first-order chi connectivity index (χ1) is 7.11. The Morgan fingerprint density at radius 3 is 2.80 bits per heavy atom. The Morgan fingerprint density at radius 2 is 2.13 bits per heavy atom. The maximum Gasteiger partial charge on any atom is 0.326 e. The molecule has 1 aliphatic heterocycles. The van der Waals surface area contributed by atoms with Gasteiger partial charge in [-0.25, -0.2) is 4.79 Å². The molecule has 1 amide bonds. The van der Waals surface area contributed by atoms with Crippen molar-refractivity contribution >= 4 is 11.9 Å². The number of likely N-dealkylation sites (N-methyl/N-ethyl adjacent to an activating group) is 1. The van der Waals surface area contributed by atoms with Crippen molar-refractivity contribution < 1.29 is 14.7 Å². The molecule has 1 aliphatic rings. The number of aliphatic carboxylic acids is 1. The van der Waals surface area contributed by atoms with Gasteiger partial charge in [-0.3, -0.25) is 4.79 Å². The fourth-order valence-electron chi connectivity index (χ4n) is 1.84. The molecule has 15 heavy (non-hydrogen) atoms. The lowest BCUT2D eigenvalue weighted by atomic mass is 9.94. The topological polar surface area (TPSA) is 57.6 Å².